The van der Waals surface area contributed by atoms with Gasteiger partial charge < -0.3 is 31.2 Å². The lowest BCUT2D eigenvalue weighted by Crippen LogP contribution is -2.67. The molecule has 1 aliphatic heterocycles. The SMILES string of the molecule is CCC(C)[C@H](NC(=O)Cc1ccccc1F)C(=O)N[C@]1(C(=O)N[C@H](C(=O)NCC2CCN(C(C)=O)CC2)C(C)CC)CCc2[nH]c3c(C(F)(F)F)cccc3c2C1. The van der Waals surface area contributed by atoms with Gasteiger partial charge in [-0.1, -0.05) is 70.9 Å². The standard InChI is InChI=1S/C42H54F4N6O5/c1-6-24(3)35(38(55)47-23-27-16-19-52(20-17-27)26(5)53)50-40(57)41(18-15-33-30(22-41)29-12-10-13-31(37(29)48-33)42(44,45)46)51-39(56)36(25(4)7-2)49-34(54)21-28-11-8-9-14-32(28)43/h8-14,24-25,27,35-36,48H,6-7,15-23H2,1-5H3,(H,47,55)(H,49,54)(H,50,57)(H,51,56)/t24?,25?,35-,36-,41+/m0/s1. The molecule has 5 amide bonds. The molecular formula is C42H54F4N6O5. The van der Waals surface area contributed by atoms with Gasteiger partial charge in [-0.3, -0.25) is 24.0 Å². The van der Waals surface area contributed by atoms with Gasteiger partial charge in [-0.25, -0.2) is 4.39 Å². The molecule has 2 heterocycles. The number of hydrogen-bond acceptors (Lipinski definition) is 5. The van der Waals surface area contributed by atoms with Crippen molar-refractivity contribution in [3.8, 4) is 0 Å². The highest BCUT2D eigenvalue weighted by molar-refractivity contribution is 5.99. The number of likely N-dealkylation sites (tertiary alicyclic amines) is 1. The van der Waals surface area contributed by atoms with Crippen molar-refractivity contribution >= 4 is 40.4 Å². The predicted molar refractivity (Wildman–Crippen MR) is 207 cm³/mol. The van der Waals surface area contributed by atoms with Crippen LogP contribution in [0.5, 0.6) is 0 Å². The van der Waals surface area contributed by atoms with Crippen molar-refractivity contribution in [1.29, 1.82) is 0 Å². The minimum absolute atomic E-state index is 0.00161. The zero-order valence-corrected chi connectivity index (χ0v) is 33.2. The molecule has 0 bridgehead atoms. The molecule has 3 aromatic rings. The van der Waals surface area contributed by atoms with Crippen LogP contribution in [0.2, 0.25) is 0 Å². The number of benzene rings is 2. The Hall–Kier alpha value is -4.95. The fourth-order valence-electron chi connectivity index (χ4n) is 7.91. The van der Waals surface area contributed by atoms with E-state index in [0.29, 0.717) is 56.6 Å². The molecule has 57 heavy (non-hydrogen) atoms. The lowest BCUT2D eigenvalue weighted by Gasteiger charge is -2.40. The third-order valence-corrected chi connectivity index (χ3v) is 11.9. The topological polar surface area (TPSA) is 152 Å². The molecule has 0 saturated carbocycles. The number of carbonyl (C=O) groups excluding carboxylic acids is 5. The summed E-state index contributed by atoms with van der Waals surface area (Å²) < 4.78 is 56.7. The van der Waals surface area contributed by atoms with Crippen molar-refractivity contribution in [1.82, 2.24) is 31.2 Å². The summed E-state index contributed by atoms with van der Waals surface area (Å²) in [4.78, 5) is 72.7. The van der Waals surface area contributed by atoms with Crippen LogP contribution in [0.4, 0.5) is 17.6 Å². The molecule has 1 saturated heterocycles. The molecule has 0 radical (unpaired) electrons. The Morgan fingerprint density at radius 3 is 2.18 bits per heavy atom. The number of hydrogen-bond donors (Lipinski definition) is 5. The highest BCUT2D eigenvalue weighted by atomic mass is 19.4. The van der Waals surface area contributed by atoms with E-state index in [1.807, 2.05) is 20.8 Å². The molecule has 11 nitrogen and oxygen atoms in total. The number of piperidine rings is 1. The number of H-pyrrole nitrogens is 1. The quantitative estimate of drug-likeness (QED) is 0.139. The maximum atomic E-state index is 14.8. The Morgan fingerprint density at radius 2 is 1.56 bits per heavy atom. The molecule has 2 unspecified atom stereocenters. The van der Waals surface area contributed by atoms with Crippen molar-refractivity contribution in [3.63, 3.8) is 0 Å². The van der Waals surface area contributed by atoms with E-state index in [9.17, 15) is 41.5 Å². The molecular weight excluding hydrogens is 744 g/mol. The van der Waals surface area contributed by atoms with Crippen LogP contribution >= 0.6 is 0 Å². The van der Waals surface area contributed by atoms with Crippen LogP contribution in [0.15, 0.2) is 42.5 Å². The number of amides is 5. The van der Waals surface area contributed by atoms with E-state index < -0.39 is 64.7 Å². The number of nitrogens with one attached hydrogen (secondary N) is 5. The average Bonchev–Trinajstić information content (AvgIpc) is 3.55. The van der Waals surface area contributed by atoms with Crippen molar-refractivity contribution in [2.45, 2.75) is 110 Å². The lowest BCUT2D eigenvalue weighted by molar-refractivity contribution is -0.139. The number of carbonyl (C=O) groups is 5. The summed E-state index contributed by atoms with van der Waals surface area (Å²) in [5.74, 6) is -3.61. The molecule has 15 heteroatoms. The first-order chi connectivity index (χ1) is 27.0. The second kappa shape index (κ2) is 18.1. The van der Waals surface area contributed by atoms with E-state index in [1.54, 1.807) is 17.9 Å². The summed E-state index contributed by atoms with van der Waals surface area (Å²) >= 11 is 0. The zero-order chi connectivity index (χ0) is 41.7. The van der Waals surface area contributed by atoms with Crippen LogP contribution in [0.25, 0.3) is 10.9 Å². The summed E-state index contributed by atoms with van der Waals surface area (Å²) in [7, 11) is 0. The third-order valence-electron chi connectivity index (χ3n) is 11.9. The molecule has 1 aromatic heterocycles. The van der Waals surface area contributed by atoms with Gasteiger partial charge in [0, 0.05) is 44.1 Å². The van der Waals surface area contributed by atoms with Crippen LogP contribution in [0, 0.1) is 23.6 Å². The maximum absolute atomic E-state index is 14.8. The largest absolute Gasteiger partial charge is 0.418 e. The van der Waals surface area contributed by atoms with Crippen LogP contribution in [-0.2, 0) is 49.4 Å². The molecule has 310 valence electrons. The smallest absolute Gasteiger partial charge is 0.358 e. The minimum atomic E-state index is -4.65. The van der Waals surface area contributed by atoms with Crippen molar-refractivity contribution in [3.05, 3.63) is 70.7 Å². The monoisotopic (exact) mass is 798 g/mol. The summed E-state index contributed by atoms with van der Waals surface area (Å²) in [5, 5.41) is 11.8. The highest BCUT2D eigenvalue weighted by Crippen LogP contribution is 2.40. The first-order valence-electron chi connectivity index (χ1n) is 19.9. The number of aromatic amines is 1. The van der Waals surface area contributed by atoms with Crippen molar-refractivity contribution in [2.24, 2.45) is 17.8 Å². The zero-order valence-electron chi connectivity index (χ0n) is 33.2. The van der Waals surface area contributed by atoms with Crippen molar-refractivity contribution in [2.75, 3.05) is 19.6 Å². The number of para-hydroxylation sites is 1. The van der Waals surface area contributed by atoms with Crippen LogP contribution < -0.4 is 21.3 Å². The van der Waals surface area contributed by atoms with Crippen LogP contribution in [0.3, 0.4) is 0 Å². The van der Waals surface area contributed by atoms with Crippen LogP contribution in [-0.4, -0.2) is 76.7 Å². The number of rotatable bonds is 14. The van der Waals surface area contributed by atoms with E-state index in [0.717, 1.165) is 6.07 Å². The fraction of sp³-hybridized carbons (Fsp3) is 0.548. The van der Waals surface area contributed by atoms with Gasteiger partial charge in [0.05, 0.1) is 17.5 Å². The molecule has 1 fully saturated rings. The Labute approximate surface area is 330 Å². The molecule has 2 aliphatic rings. The molecule has 2 aromatic carbocycles. The second-order valence-electron chi connectivity index (χ2n) is 15.8. The van der Waals surface area contributed by atoms with E-state index in [2.05, 4.69) is 26.3 Å². The normalized spacial score (nSPS) is 19.5. The van der Waals surface area contributed by atoms with E-state index in [4.69, 9.17) is 0 Å². The molecule has 5 N–H and O–H groups in total. The Morgan fingerprint density at radius 1 is 0.912 bits per heavy atom. The van der Waals surface area contributed by atoms with Gasteiger partial charge >= 0.3 is 6.18 Å². The van der Waals surface area contributed by atoms with E-state index in [1.165, 1.54) is 37.3 Å². The number of fused-ring (bicyclic) bond motifs is 3. The number of aromatic nitrogens is 1. The second-order valence-corrected chi connectivity index (χ2v) is 15.8. The Kier molecular flexibility index (Phi) is 13.7. The molecule has 1 aliphatic carbocycles. The van der Waals surface area contributed by atoms with E-state index >= 15 is 0 Å². The van der Waals surface area contributed by atoms with Gasteiger partial charge in [0.2, 0.25) is 29.5 Å². The van der Waals surface area contributed by atoms with Crippen LogP contribution in [0.1, 0.15) is 89.1 Å². The molecule has 5 atom stereocenters. The third kappa shape index (κ3) is 9.96. The number of aryl methyl sites for hydroxylation is 1. The van der Waals surface area contributed by atoms with Gasteiger partial charge in [-0.15, -0.1) is 0 Å². The van der Waals surface area contributed by atoms with Gasteiger partial charge in [-0.05, 0) is 66.7 Å². The van der Waals surface area contributed by atoms with Gasteiger partial charge in [-0.2, -0.15) is 13.2 Å². The van der Waals surface area contributed by atoms with Crippen molar-refractivity contribution < 1.29 is 41.5 Å². The van der Waals surface area contributed by atoms with Gasteiger partial charge in [0.1, 0.15) is 23.4 Å². The fourth-order valence-corrected chi connectivity index (χ4v) is 7.91. The number of halogens is 4. The minimum Gasteiger partial charge on any atom is -0.358 e. The Balaban J connectivity index is 1.45. The molecule has 5 rings (SSSR count). The number of alkyl halides is 3. The summed E-state index contributed by atoms with van der Waals surface area (Å²) in [6.07, 6.45) is -2.70. The molecule has 0 spiro atoms. The maximum Gasteiger partial charge on any atom is 0.418 e. The predicted octanol–water partition coefficient (Wildman–Crippen LogP) is 5.35. The summed E-state index contributed by atoms with van der Waals surface area (Å²) in [5.41, 5.74) is -1.64. The highest BCUT2D eigenvalue weighted by Gasteiger charge is 2.47. The lowest BCUT2D eigenvalue weighted by atomic mass is 9.78. The first kappa shape index (κ1) is 43.2. The number of nitrogens with zero attached hydrogens (tertiary/aromatic N) is 1. The van der Waals surface area contributed by atoms with Gasteiger partial charge in [0.25, 0.3) is 0 Å². The first-order valence-corrected chi connectivity index (χ1v) is 19.9. The summed E-state index contributed by atoms with van der Waals surface area (Å²) in [6.45, 7) is 10.3. The summed E-state index contributed by atoms with van der Waals surface area (Å²) in [6, 6.07) is 7.45. The van der Waals surface area contributed by atoms with E-state index in [-0.39, 0.29) is 59.9 Å². The Bertz CT molecular complexity index is 1960. The average molecular weight is 799 g/mol. The van der Waals surface area contributed by atoms with Gasteiger partial charge in [0.15, 0.2) is 0 Å².